The molecule has 8 nitrogen and oxygen atoms in total. The predicted molar refractivity (Wildman–Crippen MR) is 56.8 cm³/mol. The molecule has 16 heavy (non-hydrogen) atoms. The van der Waals surface area contributed by atoms with Gasteiger partial charge in [0.05, 0.1) is 19.0 Å². The molecule has 0 saturated heterocycles. The molecule has 0 spiro atoms. The third-order valence-corrected chi connectivity index (χ3v) is 2.76. The maximum absolute atomic E-state index is 11.4. The molecule has 1 rings (SSSR count). The first-order chi connectivity index (χ1) is 7.57. The van der Waals surface area contributed by atoms with Gasteiger partial charge in [-0.05, 0) is 6.92 Å². The van der Waals surface area contributed by atoms with E-state index < -0.39 is 10.0 Å². The second-order valence-corrected chi connectivity index (χ2v) is 4.66. The Hall–Kier alpha value is -1.35. The lowest BCUT2D eigenvalue weighted by Crippen LogP contribution is -2.20. The molecule has 1 heterocycles. The van der Waals surface area contributed by atoms with Crippen LogP contribution < -0.4 is 9.46 Å². The van der Waals surface area contributed by atoms with Gasteiger partial charge in [0.2, 0.25) is 16.0 Å². The van der Waals surface area contributed by atoms with Crippen LogP contribution in [-0.2, 0) is 14.8 Å². The van der Waals surface area contributed by atoms with E-state index in [0.717, 1.165) is 0 Å². The molecule has 92 valence electrons. The zero-order chi connectivity index (χ0) is 12.0. The number of rotatable bonds is 7. The van der Waals surface area contributed by atoms with Crippen LogP contribution in [0.1, 0.15) is 6.92 Å². The first-order valence-corrected chi connectivity index (χ1v) is 6.27. The fraction of sp³-hybridized carbons (Fsp3) is 0.714. The van der Waals surface area contributed by atoms with Gasteiger partial charge in [-0.2, -0.15) is 4.98 Å². The Morgan fingerprint density at radius 1 is 1.50 bits per heavy atom. The summed E-state index contributed by atoms with van der Waals surface area (Å²) in [5.74, 6) is -0.117. The molecule has 0 fully saturated rings. The number of aromatic nitrogens is 3. The van der Waals surface area contributed by atoms with E-state index in [1.807, 2.05) is 0 Å². The lowest BCUT2D eigenvalue weighted by molar-refractivity contribution is 0.217. The average Bonchev–Trinajstić information content (AvgIpc) is 2.62. The Labute approximate surface area is 93.4 Å². The van der Waals surface area contributed by atoms with E-state index in [1.54, 1.807) is 6.92 Å². The number of aromatic amines is 1. The van der Waals surface area contributed by atoms with E-state index in [2.05, 4.69) is 24.6 Å². The number of sulfonamides is 1. The monoisotopic (exact) mass is 250 g/mol. The quantitative estimate of drug-likeness (QED) is 0.681. The van der Waals surface area contributed by atoms with Crippen LogP contribution in [0.25, 0.3) is 0 Å². The number of ether oxygens (including phenoxy) is 2. The highest BCUT2D eigenvalue weighted by molar-refractivity contribution is 7.92. The molecule has 0 aromatic carbocycles. The van der Waals surface area contributed by atoms with Crippen LogP contribution in [0.2, 0.25) is 0 Å². The van der Waals surface area contributed by atoms with Gasteiger partial charge in [-0.1, -0.05) is 0 Å². The lowest BCUT2D eigenvalue weighted by atomic mass is 10.9. The van der Waals surface area contributed by atoms with Gasteiger partial charge in [-0.3, -0.25) is 4.72 Å². The molecule has 2 N–H and O–H groups in total. The van der Waals surface area contributed by atoms with E-state index >= 15 is 0 Å². The molecule has 0 aliphatic heterocycles. The molecular formula is C7H14N4O4S. The summed E-state index contributed by atoms with van der Waals surface area (Å²) in [6.07, 6.45) is 0. The minimum absolute atomic E-state index is 0.0274. The van der Waals surface area contributed by atoms with Crippen molar-refractivity contribution in [2.75, 3.05) is 30.8 Å². The topological polar surface area (TPSA) is 106 Å². The third kappa shape index (κ3) is 4.03. The highest BCUT2D eigenvalue weighted by Gasteiger charge is 2.13. The van der Waals surface area contributed by atoms with E-state index in [9.17, 15) is 8.42 Å². The summed E-state index contributed by atoms with van der Waals surface area (Å²) in [6.45, 7) is 2.30. The fourth-order valence-corrected chi connectivity index (χ4v) is 1.75. The summed E-state index contributed by atoms with van der Waals surface area (Å²) in [4.78, 5) is 3.77. The van der Waals surface area contributed by atoms with E-state index in [0.29, 0.717) is 6.61 Å². The normalized spacial score (nSPS) is 11.4. The molecular weight excluding hydrogens is 236 g/mol. The van der Waals surface area contributed by atoms with Crippen LogP contribution in [0.15, 0.2) is 0 Å². The van der Waals surface area contributed by atoms with Gasteiger partial charge >= 0.3 is 6.01 Å². The van der Waals surface area contributed by atoms with Gasteiger partial charge in [0.15, 0.2) is 0 Å². The molecule has 0 unspecified atom stereocenters. The summed E-state index contributed by atoms with van der Waals surface area (Å²) in [5, 5.41) is 6.06. The zero-order valence-electron chi connectivity index (χ0n) is 9.06. The standard InChI is InChI=1S/C7H14N4O4S/c1-3-15-7-8-6(9-10-7)11-16(12,13)5-4-14-2/h3-5H2,1-2H3,(H2,8,9,10,11). The van der Waals surface area contributed by atoms with Crippen LogP contribution in [0, 0.1) is 0 Å². The molecule has 0 bridgehead atoms. The van der Waals surface area contributed by atoms with Gasteiger partial charge in [0.1, 0.15) is 0 Å². The molecule has 0 amide bonds. The Morgan fingerprint density at radius 2 is 2.25 bits per heavy atom. The van der Waals surface area contributed by atoms with Crippen molar-refractivity contribution in [1.29, 1.82) is 0 Å². The summed E-state index contributed by atoms with van der Waals surface area (Å²) in [5.41, 5.74) is 0. The first kappa shape index (κ1) is 12.7. The number of methoxy groups -OCH3 is 1. The highest BCUT2D eigenvalue weighted by Crippen LogP contribution is 2.07. The van der Waals surface area contributed by atoms with E-state index in [-0.39, 0.29) is 24.3 Å². The second-order valence-electron chi connectivity index (χ2n) is 2.81. The second kappa shape index (κ2) is 5.66. The molecule has 0 atom stereocenters. The van der Waals surface area contributed by atoms with Gasteiger partial charge in [-0.15, -0.1) is 5.10 Å². The highest BCUT2D eigenvalue weighted by atomic mass is 32.2. The van der Waals surface area contributed by atoms with Crippen molar-refractivity contribution in [2.24, 2.45) is 0 Å². The Morgan fingerprint density at radius 3 is 2.88 bits per heavy atom. The van der Waals surface area contributed by atoms with Crippen LogP contribution in [0.5, 0.6) is 6.01 Å². The Bertz CT molecular complexity index is 416. The Balaban J connectivity index is 2.58. The largest absolute Gasteiger partial charge is 0.463 e. The SMILES string of the molecule is CCOc1n[nH]c(NS(=O)(=O)CCOC)n1. The zero-order valence-corrected chi connectivity index (χ0v) is 9.87. The molecule has 1 aromatic rings. The van der Waals surface area contributed by atoms with Crippen molar-refractivity contribution < 1.29 is 17.9 Å². The number of nitrogens with one attached hydrogen (secondary N) is 2. The molecule has 0 saturated carbocycles. The van der Waals surface area contributed by atoms with Crippen molar-refractivity contribution in [1.82, 2.24) is 15.2 Å². The van der Waals surface area contributed by atoms with Crippen molar-refractivity contribution in [3.05, 3.63) is 0 Å². The van der Waals surface area contributed by atoms with Crippen molar-refractivity contribution in [2.45, 2.75) is 6.92 Å². The van der Waals surface area contributed by atoms with Crippen LogP contribution in [-0.4, -0.2) is 49.7 Å². The maximum atomic E-state index is 11.4. The number of nitrogens with zero attached hydrogens (tertiary/aromatic N) is 2. The minimum atomic E-state index is -3.46. The molecule has 1 aromatic heterocycles. The lowest BCUT2D eigenvalue weighted by Gasteiger charge is -2.03. The van der Waals surface area contributed by atoms with Crippen molar-refractivity contribution in [3.63, 3.8) is 0 Å². The molecule has 0 aliphatic carbocycles. The molecule has 0 aliphatic rings. The van der Waals surface area contributed by atoms with Gasteiger partial charge in [-0.25, -0.2) is 13.5 Å². The van der Waals surface area contributed by atoms with Crippen molar-refractivity contribution in [3.8, 4) is 6.01 Å². The van der Waals surface area contributed by atoms with Gasteiger partial charge < -0.3 is 9.47 Å². The maximum Gasteiger partial charge on any atom is 0.337 e. The summed E-state index contributed by atoms with van der Waals surface area (Å²) in [6, 6.07) is 0.104. The minimum Gasteiger partial charge on any atom is -0.463 e. The molecule has 0 radical (unpaired) electrons. The van der Waals surface area contributed by atoms with Gasteiger partial charge in [0, 0.05) is 7.11 Å². The van der Waals surface area contributed by atoms with Crippen LogP contribution in [0.3, 0.4) is 0 Å². The summed E-state index contributed by atoms with van der Waals surface area (Å²) in [7, 11) is -2.03. The number of H-pyrrole nitrogens is 1. The smallest absolute Gasteiger partial charge is 0.337 e. The average molecular weight is 250 g/mol. The van der Waals surface area contributed by atoms with Crippen LogP contribution in [0.4, 0.5) is 5.95 Å². The van der Waals surface area contributed by atoms with Gasteiger partial charge in [0.25, 0.3) is 0 Å². The number of anilines is 1. The summed E-state index contributed by atoms with van der Waals surface area (Å²) < 4.78 is 34.7. The van der Waals surface area contributed by atoms with E-state index in [4.69, 9.17) is 4.74 Å². The van der Waals surface area contributed by atoms with Crippen LogP contribution >= 0.6 is 0 Å². The molecule has 9 heteroatoms. The first-order valence-electron chi connectivity index (χ1n) is 4.62. The number of hydrogen-bond acceptors (Lipinski definition) is 6. The van der Waals surface area contributed by atoms with E-state index in [1.165, 1.54) is 7.11 Å². The summed E-state index contributed by atoms with van der Waals surface area (Å²) >= 11 is 0. The van der Waals surface area contributed by atoms with Crippen molar-refractivity contribution >= 4 is 16.0 Å². The number of hydrogen-bond donors (Lipinski definition) is 2. The third-order valence-electron chi connectivity index (χ3n) is 1.55. The fourth-order valence-electron chi connectivity index (χ4n) is 0.877. The Kier molecular flexibility index (Phi) is 4.50. The predicted octanol–water partition coefficient (Wildman–Crippen LogP) is -0.408.